The van der Waals surface area contributed by atoms with Crippen molar-refractivity contribution in [1.82, 2.24) is 24.9 Å². The van der Waals surface area contributed by atoms with Gasteiger partial charge in [-0.1, -0.05) is 17.3 Å². The first-order valence-corrected chi connectivity index (χ1v) is 12.0. The number of aromatic nitrogens is 5. The van der Waals surface area contributed by atoms with Gasteiger partial charge in [0, 0.05) is 36.8 Å². The number of para-hydroxylation sites is 1. The number of aryl methyl sites for hydroxylation is 1. The van der Waals surface area contributed by atoms with Crippen molar-refractivity contribution in [2.75, 3.05) is 21.3 Å². The number of aliphatic hydroxyl groups is 1. The fourth-order valence-electron chi connectivity index (χ4n) is 3.88. The third-order valence-corrected chi connectivity index (χ3v) is 5.76. The quantitative estimate of drug-likeness (QED) is 0.213. The van der Waals surface area contributed by atoms with Gasteiger partial charge in [0.1, 0.15) is 11.5 Å². The summed E-state index contributed by atoms with van der Waals surface area (Å²) >= 11 is 0. The molecule has 41 heavy (non-hydrogen) atoms. The molecule has 2 N–H and O–H groups in total. The number of carbonyl (C=O) groups is 1. The molecule has 2 heterocycles. The maximum Gasteiger partial charge on any atom is 0.348 e. The van der Waals surface area contributed by atoms with Crippen molar-refractivity contribution in [3.8, 4) is 28.6 Å². The molecule has 0 amide bonds. The Morgan fingerprint density at radius 3 is 2.39 bits per heavy atom. The summed E-state index contributed by atoms with van der Waals surface area (Å²) in [4.78, 5) is 35.9. The fraction of sp³-hybridized carbons (Fsp3) is 0.143. The second-order valence-electron chi connectivity index (χ2n) is 8.20. The van der Waals surface area contributed by atoms with Crippen LogP contribution in [0.2, 0.25) is 0 Å². The van der Waals surface area contributed by atoms with Gasteiger partial charge in [0.15, 0.2) is 23.6 Å². The van der Waals surface area contributed by atoms with Crippen LogP contribution < -0.4 is 15.2 Å². The van der Waals surface area contributed by atoms with Crippen molar-refractivity contribution < 1.29 is 28.3 Å². The van der Waals surface area contributed by atoms with E-state index in [-0.39, 0.29) is 39.8 Å². The Kier molecular flexibility index (Phi) is 8.79. The van der Waals surface area contributed by atoms with Gasteiger partial charge in [0.2, 0.25) is 11.7 Å². The van der Waals surface area contributed by atoms with E-state index in [1.54, 1.807) is 55.5 Å². The summed E-state index contributed by atoms with van der Waals surface area (Å²) in [5.74, 6) is 0.535. The van der Waals surface area contributed by atoms with E-state index in [4.69, 9.17) is 19.1 Å². The number of aromatic amines is 1. The summed E-state index contributed by atoms with van der Waals surface area (Å²) in [6, 6.07) is 15.8. The largest absolute Gasteiger partial charge is 0.493 e. The molecule has 0 aliphatic carbocycles. The van der Waals surface area contributed by atoms with E-state index in [0.29, 0.717) is 29.3 Å². The first kappa shape index (κ1) is 28.6. The molecule has 0 saturated carbocycles. The zero-order chi connectivity index (χ0) is 29.5. The molecule has 2 aromatic heterocycles. The van der Waals surface area contributed by atoms with E-state index in [9.17, 15) is 9.59 Å². The molecule has 5 rings (SSSR count). The predicted octanol–water partition coefficient (Wildman–Crippen LogP) is 3.67. The zero-order valence-electron chi connectivity index (χ0n) is 22.5. The molecule has 0 radical (unpaired) electrons. The van der Waals surface area contributed by atoms with Gasteiger partial charge in [-0.2, -0.15) is 9.67 Å². The first-order chi connectivity index (χ1) is 19.9. The third kappa shape index (κ3) is 5.94. The van der Waals surface area contributed by atoms with Crippen LogP contribution >= 0.6 is 0 Å². The van der Waals surface area contributed by atoms with Crippen LogP contribution in [0.1, 0.15) is 27.6 Å². The molecule has 3 aromatic carbocycles. The predicted molar refractivity (Wildman–Crippen MR) is 147 cm³/mol. The number of aliphatic hydroxyl groups excluding tert-OH is 1. The molecule has 5 aromatic rings. The van der Waals surface area contributed by atoms with E-state index in [1.807, 2.05) is 0 Å². The van der Waals surface area contributed by atoms with Crippen molar-refractivity contribution in [3.05, 3.63) is 99.8 Å². The van der Waals surface area contributed by atoms with Crippen molar-refractivity contribution in [2.45, 2.75) is 6.92 Å². The maximum absolute atomic E-state index is 15.4. The van der Waals surface area contributed by atoms with Gasteiger partial charge < -0.3 is 19.1 Å². The average Bonchev–Trinajstić information content (AvgIpc) is 3.62. The normalized spacial score (nSPS) is 11.0. The lowest BCUT2D eigenvalue weighted by molar-refractivity contribution is 0.112. The Labute approximate surface area is 232 Å². The Morgan fingerprint density at radius 2 is 1.76 bits per heavy atom. The van der Waals surface area contributed by atoms with Gasteiger partial charge in [-0.25, -0.2) is 14.2 Å². The second-order valence-corrected chi connectivity index (χ2v) is 8.20. The number of H-pyrrole nitrogens is 1. The van der Waals surface area contributed by atoms with Crippen molar-refractivity contribution in [1.29, 1.82) is 0 Å². The maximum atomic E-state index is 15.4. The number of benzene rings is 3. The third-order valence-electron chi connectivity index (χ3n) is 5.76. The Balaban J connectivity index is 0.00000189. The van der Waals surface area contributed by atoms with E-state index in [0.717, 1.165) is 17.9 Å². The average molecular weight is 561 g/mol. The summed E-state index contributed by atoms with van der Waals surface area (Å²) in [6.45, 7) is 1.69. The number of aldehydes is 1. The van der Waals surface area contributed by atoms with E-state index in [1.165, 1.54) is 20.3 Å². The van der Waals surface area contributed by atoms with Crippen LogP contribution in [0, 0.1) is 12.7 Å². The Morgan fingerprint density at radius 1 is 1.07 bits per heavy atom. The number of nitrogens with one attached hydrogen (secondary N) is 1. The minimum atomic E-state index is -0.686. The number of methoxy groups -OCH3 is 2. The highest BCUT2D eigenvalue weighted by Gasteiger charge is 2.22. The van der Waals surface area contributed by atoms with E-state index < -0.39 is 11.5 Å². The second kappa shape index (κ2) is 12.6. The van der Waals surface area contributed by atoms with Crippen LogP contribution in [-0.2, 0) is 0 Å². The first-order valence-electron chi connectivity index (χ1n) is 12.0. The molecule has 0 atom stereocenters. The molecule has 12 nitrogen and oxygen atoms in total. The van der Waals surface area contributed by atoms with Gasteiger partial charge >= 0.3 is 5.69 Å². The van der Waals surface area contributed by atoms with Crippen LogP contribution in [0.5, 0.6) is 11.5 Å². The van der Waals surface area contributed by atoms with Crippen LogP contribution in [0.4, 0.5) is 10.1 Å². The zero-order valence-corrected chi connectivity index (χ0v) is 22.5. The van der Waals surface area contributed by atoms with Gasteiger partial charge in [-0.15, -0.1) is 5.10 Å². The summed E-state index contributed by atoms with van der Waals surface area (Å²) in [5.41, 5.74) is 0.981. The number of rotatable bonds is 8. The molecular weight excluding hydrogens is 535 g/mol. The molecule has 0 saturated heterocycles. The lowest BCUT2D eigenvalue weighted by atomic mass is 10.1. The minimum absolute atomic E-state index is 0.00454. The minimum Gasteiger partial charge on any atom is -0.493 e. The molecule has 0 aliphatic heterocycles. The Hall–Kier alpha value is -5.43. The molecule has 0 unspecified atom stereocenters. The number of nitrogens with zero attached hydrogens (tertiary/aromatic N) is 5. The molecule has 0 spiro atoms. The van der Waals surface area contributed by atoms with Crippen LogP contribution in [0.15, 0.2) is 75.0 Å². The highest BCUT2D eigenvalue weighted by atomic mass is 19.1. The van der Waals surface area contributed by atoms with Crippen LogP contribution in [-0.4, -0.2) is 63.3 Å². The number of carbonyl (C=O) groups excluding carboxylic acids is 1. The SMILES string of the molecule is CO.COc1cc(F)c(C(=Nc2ccc(-c3noc(C)n3)cc2)c2nn(-c3ccccc3C=O)c(=O)[nH]2)cc1OC. The van der Waals surface area contributed by atoms with Gasteiger partial charge in [-0.3, -0.25) is 9.78 Å². The van der Waals surface area contributed by atoms with E-state index >= 15 is 4.39 Å². The van der Waals surface area contributed by atoms with Crippen molar-refractivity contribution >= 4 is 17.7 Å². The topological polar surface area (TPSA) is 158 Å². The highest BCUT2D eigenvalue weighted by Crippen LogP contribution is 2.32. The standard InChI is InChI=1S/C27H21FN6O5.CH4O/c1-15-29-25(33-39-15)16-8-10-18(11-9-16)30-24(19-12-22(37-2)23(38-3)13-20(19)28)26-31-27(36)34(32-26)21-7-5-4-6-17(21)14-35;1-2/h4-14H,1-3H3,(H,31,32,36);2H,1H3. The van der Waals surface area contributed by atoms with Crippen molar-refractivity contribution in [3.63, 3.8) is 0 Å². The summed E-state index contributed by atoms with van der Waals surface area (Å²) < 4.78 is 32.0. The number of aliphatic imine (C=N–C) groups is 1. The summed E-state index contributed by atoms with van der Waals surface area (Å²) in [5, 5.41) is 15.3. The number of hydrogen-bond acceptors (Lipinski definition) is 10. The van der Waals surface area contributed by atoms with Gasteiger partial charge in [0.05, 0.1) is 25.6 Å². The van der Waals surface area contributed by atoms with Gasteiger partial charge in [0.25, 0.3) is 0 Å². The number of hydrogen-bond donors (Lipinski definition) is 2. The highest BCUT2D eigenvalue weighted by molar-refractivity contribution is 6.12. The fourth-order valence-corrected chi connectivity index (χ4v) is 3.88. The van der Waals surface area contributed by atoms with Crippen molar-refractivity contribution in [2.24, 2.45) is 4.99 Å². The lowest BCUT2D eigenvalue weighted by Gasteiger charge is -2.12. The number of halogens is 1. The number of ether oxygens (including phenoxy) is 2. The molecule has 210 valence electrons. The van der Waals surface area contributed by atoms with Gasteiger partial charge in [-0.05, 0) is 42.5 Å². The van der Waals surface area contributed by atoms with Crippen LogP contribution in [0.25, 0.3) is 17.1 Å². The molecule has 0 bridgehead atoms. The molecule has 0 aliphatic rings. The molecular formula is C28H25FN6O6. The van der Waals surface area contributed by atoms with Crippen LogP contribution in [0.3, 0.4) is 0 Å². The summed E-state index contributed by atoms with van der Waals surface area (Å²) in [6.07, 6.45) is 0.617. The monoisotopic (exact) mass is 560 g/mol. The molecule has 13 heteroatoms. The Bertz CT molecular complexity index is 1760. The molecule has 0 fully saturated rings. The summed E-state index contributed by atoms with van der Waals surface area (Å²) in [7, 11) is 3.81. The smallest absolute Gasteiger partial charge is 0.348 e. The van der Waals surface area contributed by atoms with E-state index in [2.05, 4.69) is 25.2 Å². The lowest BCUT2D eigenvalue weighted by Crippen LogP contribution is -2.17.